The Labute approximate surface area is 127 Å². The predicted octanol–water partition coefficient (Wildman–Crippen LogP) is 2.23. The smallest absolute Gasteiger partial charge is 0.240 e. The van der Waals surface area contributed by atoms with Crippen molar-refractivity contribution in [2.45, 2.75) is 44.6 Å². The second-order valence-corrected chi connectivity index (χ2v) is 8.23. The quantitative estimate of drug-likeness (QED) is 0.857. The summed E-state index contributed by atoms with van der Waals surface area (Å²) in [6.45, 7) is 6.72. The zero-order valence-electron chi connectivity index (χ0n) is 12.9. The monoisotopic (exact) mass is 309 g/mol. The summed E-state index contributed by atoms with van der Waals surface area (Å²) in [6.07, 6.45) is 1.94. The third-order valence-corrected chi connectivity index (χ3v) is 6.16. The van der Waals surface area contributed by atoms with E-state index in [1.54, 1.807) is 4.90 Å². The van der Waals surface area contributed by atoms with Gasteiger partial charge in [-0.05, 0) is 44.7 Å². The van der Waals surface area contributed by atoms with Crippen LogP contribution >= 0.6 is 0 Å². The van der Waals surface area contributed by atoms with Crippen LogP contribution in [-0.4, -0.2) is 37.6 Å². The summed E-state index contributed by atoms with van der Waals surface area (Å²) >= 11 is 0. The van der Waals surface area contributed by atoms with Gasteiger partial charge in [-0.1, -0.05) is 23.8 Å². The fourth-order valence-electron chi connectivity index (χ4n) is 2.65. The number of sulfone groups is 1. The Bertz CT molecular complexity index is 631. The predicted molar refractivity (Wildman–Crippen MR) is 83.8 cm³/mol. The van der Waals surface area contributed by atoms with E-state index in [0.717, 1.165) is 29.5 Å². The molecule has 1 aliphatic heterocycles. The first-order valence-electron chi connectivity index (χ1n) is 7.38. The zero-order chi connectivity index (χ0) is 15.6. The minimum absolute atomic E-state index is 0.0682. The van der Waals surface area contributed by atoms with Crippen LogP contribution < -0.4 is 0 Å². The average molecular weight is 309 g/mol. The Morgan fingerprint density at radius 1 is 1.24 bits per heavy atom. The minimum Gasteiger partial charge on any atom is -0.342 e. The van der Waals surface area contributed by atoms with Gasteiger partial charge in [0.15, 0.2) is 9.84 Å². The van der Waals surface area contributed by atoms with Crippen molar-refractivity contribution < 1.29 is 13.2 Å². The number of hydrogen-bond acceptors (Lipinski definition) is 3. The molecular weight excluding hydrogens is 286 g/mol. The van der Waals surface area contributed by atoms with E-state index in [9.17, 15) is 13.2 Å². The minimum atomic E-state index is -3.48. The highest BCUT2D eigenvalue weighted by Crippen LogP contribution is 2.19. The highest BCUT2D eigenvalue weighted by Gasteiger charge is 2.32. The Morgan fingerprint density at radius 2 is 1.86 bits per heavy atom. The van der Waals surface area contributed by atoms with Crippen LogP contribution in [0.15, 0.2) is 18.2 Å². The molecule has 1 aliphatic rings. The van der Waals surface area contributed by atoms with Crippen LogP contribution in [-0.2, 0) is 20.4 Å². The molecule has 4 nitrogen and oxygen atoms in total. The van der Waals surface area contributed by atoms with Crippen molar-refractivity contribution in [2.75, 3.05) is 13.1 Å². The molecule has 1 unspecified atom stereocenters. The van der Waals surface area contributed by atoms with Gasteiger partial charge in [-0.25, -0.2) is 8.42 Å². The molecule has 1 aromatic rings. The number of benzene rings is 1. The van der Waals surface area contributed by atoms with Gasteiger partial charge in [-0.2, -0.15) is 0 Å². The Morgan fingerprint density at radius 3 is 2.48 bits per heavy atom. The molecule has 1 heterocycles. The molecule has 1 saturated heterocycles. The maximum atomic E-state index is 12.5. The van der Waals surface area contributed by atoms with Gasteiger partial charge in [0, 0.05) is 13.1 Å². The van der Waals surface area contributed by atoms with Crippen LogP contribution in [0.25, 0.3) is 0 Å². The van der Waals surface area contributed by atoms with E-state index in [0.29, 0.717) is 13.1 Å². The standard InChI is InChI=1S/C16H23NO3S/c1-12-6-7-13(2)15(10-12)11-21(19,20)14(3)16(18)17-8-4-5-9-17/h6-7,10,14H,4-5,8-9,11H2,1-3H3. The molecule has 1 atom stereocenters. The van der Waals surface area contributed by atoms with Crippen molar-refractivity contribution in [1.82, 2.24) is 4.90 Å². The molecule has 0 radical (unpaired) electrons. The first-order chi connectivity index (χ1) is 9.81. The fraction of sp³-hybridized carbons (Fsp3) is 0.562. The number of carbonyl (C=O) groups excluding carboxylic acids is 1. The van der Waals surface area contributed by atoms with Crippen LogP contribution in [0.4, 0.5) is 0 Å². The summed E-state index contributed by atoms with van der Waals surface area (Å²) < 4.78 is 25.0. The van der Waals surface area contributed by atoms with Gasteiger partial charge in [-0.3, -0.25) is 4.79 Å². The van der Waals surface area contributed by atoms with Crippen LogP contribution in [0, 0.1) is 13.8 Å². The molecule has 1 amide bonds. The summed E-state index contributed by atoms with van der Waals surface area (Å²) in [5, 5.41) is -0.962. The van der Waals surface area contributed by atoms with E-state index in [1.807, 2.05) is 32.0 Å². The third kappa shape index (κ3) is 3.64. The Balaban J connectivity index is 2.17. The molecule has 21 heavy (non-hydrogen) atoms. The van der Waals surface area contributed by atoms with Gasteiger partial charge in [0.2, 0.25) is 5.91 Å². The summed E-state index contributed by atoms with van der Waals surface area (Å²) in [5.74, 6) is -0.320. The number of nitrogens with zero attached hydrogens (tertiary/aromatic N) is 1. The fourth-order valence-corrected chi connectivity index (χ4v) is 4.10. The van der Waals surface area contributed by atoms with Crippen molar-refractivity contribution in [3.8, 4) is 0 Å². The Kier molecular flexibility index (Phi) is 4.71. The Hall–Kier alpha value is -1.36. The van der Waals surface area contributed by atoms with Gasteiger partial charge >= 0.3 is 0 Å². The van der Waals surface area contributed by atoms with E-state index in [-0.39, 0.29) is 11.7 Å². The summed E-state index contributed by atoms with van der Waals surface area (Å²) in [6, 6.07) is 5.78. The van der Waals surface area contributed by atoms with Crippen LogP contribution in [0.3, 0.4) is 0 Å². The third-order valence-electron chi connectivity index (χ3n) is 4.17. The maximum Gasteiger partial charge on any atom is 0.240 e. The average Bonchev–Trinajstić information content (AvgIpc) is 2.95. The molecule has 1 fully saturated rings. The molecule has 0 aliphatic carbocycles. The summed E-state index contributed by atoms with van der Waals surface area (Å²) in [4.78, 5) is 14.0. The van der Waals surface area contributed by atoms with Crippen molar-refractivity contribution in [2.24, 2.45) is 0 Å². The van der Waals surface area contributed by atoms with Crippen molar-refractivity contribution in [3.05, 3.63) is 34.9 Å². The van der Waals surface area contributed by atoms with Gasteiger partial charge in [0.05, 0.1) is 5.75 Å². The van der Waals surface area contributed by atoms with Crippen LogP contribution in [0.5, 0.6) is 0 Å². The van der Waals surface area contributed by atoms with Gasteiger partial charge in [-0.15, -0.1) is 0 Å². The van der Waals surface area contributed by atoms with E-state index < -0.39 is 15.1 Å². The van der Waals surface area contributed by atoms with Crippen LogP contribution in [0.2, 0.25) is 0 Å². The first kappa shape index (κ1) is 16.0. The lowest BCUT2D eigenvalue weighted by Crippen LogP contribution is -2.40. The number of amides is 1. The molecule has 116 valence electrons. The SMILES string of the molecule is Cc1ccc(C)c(CS(=O)(=O)C(C)C(=O)N2CCCC2)c1. The molecule has 0 aromatic heterocycles. The number of rotatable bonds is 4. The van der Waals surface area contributed by atoms with E-state index in [1.165, 1.54) is 6.92 Å². The number of carbonyl (C=O) groups is 1. The molecular formula is C16H23NO3S. The van der Waals surface area contributed by atoms with E-state index in [2.05, 4.69) is 0 Å². The summed E-state index contributed by atoms with van der Waals surface area (Å²) in [5.41, 5.74) is 2.77. The lowest BCUT2D eigenvalue weighted by Gasteiger charge is -2.20. The lowest BCUT2D eigenvalue weighted by atomic mass is 10.1. The largest absolute Gasteiger partial charge is 0.342 e. The normalized spacial score (nSPS) is 17.0. The molecule has 0 spiro atoms. The molecule has 2 rings (SSSR count). The van der Waals surface area contributed by atoms with Crippen molar-refractivity contribution in [1.29, 1.82) is 0 Å². The number of hydrogen-bond donors (Lipinski definition) is 0. The number of likely N-dealkylation sites (tertiary alicyclic amines) is 1. The van der Waals surface area contributed by atoms with Gasteiger partial charge in [0.25, 0.3) is 0 Å². The highest BCUT2D eigenvalue weighted by atomic mass is 32.2. The van der Waals surface area contributed by atoms with Crippen molar-refractivity contribution >= 4 is 15.7 Å². The second-order valence-electron chi connectivity index (χ2n) is 5.91. The van der Waals surface area contributed by atoms with E-state index >= 15 is 0 Å². The molecule has 0 bridgehead atoms. The zero-order valence-corrected chi connectivity index (χ0v) is 13.7. The molecule has 0 saturated carbocycles. The maximum absolute atomic E-state index is 12.5. The van der Waals surface area contributed by atoms with E-state index in [4.69, 9.17) is 0 Å². The molecule has 1 aromatic carbocycles. The topological polar surface area (TPSA) is 54.5 Å². The number of aryl methyl sites for hydroxylation is 2. The second kappa shape index (κ2) is 6.18. The lowest BCUT2D eigenvalue weighted by molar-refractivity contribution is -0.129. The highest BCUT2D eigenvalue weighted by molar-refractivity contribution is 7.92. The van der Waals surface area contributed by atoms with Crippen molar-refractivity contribution in [3.63, 3.8) is 0 Å². The molecule has 5 heteroatoms. The first-order valence-corrected chi connectivity index (χ1v) is 9.09. The summed E-state index contributed by atoms with van der Waals surface area (Å²) in [7, 11) is -3.48. The van der Waals surface area contributed by atoms with Gasteiger partial charge < -0.3 is 4.90 Å². The van der Waals surface area contributed by atoms with Crippen LogP contribution in [0.1, 0.15) is 36.5 Å². The van der Waals surface area contributed by atoms with Gasteiger partial charge in [0.1, 0.15) is 5.25 Å². The molecule has 0 N–H and O–H groups in total.